The lowest BCUT2D eigenvalue weighted by Crippen LogP contribution is -2.60. The number of hydrogen-bond donors (Lipinski definition) is 2. The Hall–Kier alpha value is -1.14. The Morgan fingerprint density at radius 2 is 1.69 bits per heavy atom. The molecule has 0 aromatic rings. The van der Waals surface area contributed by atoms with Gasteiger partial charge in [0, 0.05) is 43.6 Å². The van der Waals surface area contributed by atoms with Crippen LogP contribution in [0.25, 0.3) is 0 Å². The summed E-state index contributed by atoms with van der Waals surface area (Å²) in [7, 11) is 2.03. The molecule has 2 heterocycles. The van der Waals surface area contributed by atoms with Crippen LogP contribution in [0.15, 0.2) is 0 Å². The smallest absolute Gasteiger partial charge is 0.225 e. The normalized spacial score (nSPS) is 42.6. The van der Waals surface area contributed by atoms with Crippen LogP contribution in [-0.4, -0.2) is 60.6 Å². The Morgan fingerprint density at radius 1 is 0.917 bits per heavy atom. The molecule has 9 unspecified atom stereocenters. The minimum Gasteiger partial charge on any atom is -0.375 e. The van der Waals surface area contributed by atoms with E-state index in [1.165, 1.54) is 32.1 Å². The summed E-state index contributed by atoms with van der Waals surface area (Å²) in [6, 6.07) is 1.08. The first-order chi connectivity index (χ1) is 17.4. The summed E-state index contributed by atoms with van der Waals surface area (Å²) in [6.45, 7) is 5.58. The SMILES string of the molecule is CC1CC2C(CN1)CC(C1CC(NC(=O)C3CCCC(OC4CCCCC4)C3)CCC1C)C(=O)N2C. The van der Waals surface area contributed by atoms with E-state index < -0.39 is 0 Å². The molecule has 0 aromatic heterocycles. The standard InChI is InChI=1S/C30H51N3O3/c1-19-12-13-23(17-26(19)27-16-22-18-31-20(2)14-28(22)33(3)30(27)35)32-29(34)21-8-7-11-25(15-21)36-24-9-5-4-6-10-24/h19-28,31H,4-18H2,1-3H3,(H,32,34). The molecule has 3 saturated carbocycles. The fourth-order valence-corrected chi connectivity index (χ4v) is 8.40. The second-order valence-corrected chi connectivity index (χ2v) is 13.2. The number of carbonyl (C=O) groups is 2. The zero-order valence-electron chi connectivity index (χ0n) is 23.1. The van der Waals surface area contributed by atoms with Crippen LogP contribution < -0.4 is 10.6 Å². The topological polar surface area (TPSA) is 70.7 Å². The van der Waals surface area contributed by atoms with Crippen LogP contribution >= 0.6 is 0 Å². The summed E-state index contributed by atoms with van der Waals surface area (Å²) < 4.78 is 6.46. The van der Waals surface area contributed by atoms with Crippen LogP contribution in [0.4, 0.5) is 0 Å². The molecule has 9 atom stereocenters. The van der Waals surface area contributed by atoms with Gasteiger partial charge in [-0.15, -0.1) is 0 Å². The molecule has 204 valence electrons. The average Bonchev–Trinajstić information content (AvgIpc) is 2.88. The molecule has 5 rings (SSSR count). The molecule has 36 heavy (non-hydrogen) atoms. The van der Waals surface area contributed by atoms with E-state index in [2.05, 4.69) is 29.4 Å². The highest BCUT2D eigenvalue weighted by molar-refractivity contribution is 5.80. The van der Waals surface area contributed by atoms with E-state index in [4.69, 9.17) is 4.74 Å². The highest BCUT2D eigenvalue weighted by Crippen LogP contribution is 2.43. The molecule has 3 aliphatic carbocycles. The summed E-state index contributed by atoms with van der Waals surface area (Å²) in [4.78, 5) is 28.9. The Labute approximate surface area is 219 Å². The number of carbonyl (C=O) groups excluding carboxylic acids is 2. The van der Waals surface area contributed by atoms with Crippen LogP contribution in [-0.2, 0) is 14.3 Å². The van der Waals surface area contributed by atoms with Gasteiger partial charge in [0.05, 0.1) is 12.2 Å². The summed E-state index contributed by atoms with van der Waals surface area (Å²) in [5.74, 6) is 2.24. The number of rotatable bonds is 5. The summed E-state index contributed by atoms with van der Waals surface area (Å²) in [5.41, 5.74) is 0. The van der Waals surface area contributed by atoms with Crippen molar-refractivity contribution in [3.63, 3.8) is 0 Å². The second kappa shape index (κ2) is 11.7. The first-order valence-corrected chi connectivity index (χ1v) is 15.3. The third kappa shape index (κ3) is 5.95. The molecule has 0 radical (unpaired) electrons. The molecule has 0 aromatic carbocycles. The van der Waals surface area contributed by atoms with E-state index in [1.54, 1.807) is 0 Å². The van der Waals surface area contributed by atoms with E-state index in [1.807, 2.05) is 7.05 Å². The lowest BCUT2D eigenvalue weighted by atomic mass is 9.65. The number of amides is 2. The van der Waals surface area contributed by atoms with Crippen molar-refractivity contribution in [2.75, 3.05) is 13.6 Å². The van der Waals surface area contributed by atoms with E-state index >= 15 is 0 Å². The maximum Gasteiger partial charge on any atom is 0.225 e. The van der Waals surface area contributed by atoms with Crippen LogP contribution in [0, 0.1) is 29.6 Å². The van der Waals surface area contributed by atoms with Crippen molar-refractivity contribution in [3.8, 4) is 0 Å². The number of nitrogens with one attached hydrogen (secondary N) is 2. The minimum absolute atomic E-state index is 0.0867. The zero-order valence-corrected chi connectivity index (χ0v) is 23.1. The van der Waals surface area contributed by atoms with Gasteiger partial charge in [-0.25, -0.2) is 0 Å². The molecule has 5 aliphatic rings. The predicted octanol–water partition coefficient (Wildman–Crippen LogP) is 4.66. The van der Waals surface area contributed by atoms with Gasteiger partial charge in [0.2, 0.25) is 11.8 Å². The summed E-state index contributed by atoms with van der Waals surface area (Å²) in [5, 5.41) is 7.11. The Morgan fingerprint density at radius 3 is 2.50 bits per heavy atom. The maximum absolute atomic E-state index is 13.5. The largest absolute Gasteiger partial charge is 0.375 e. The summed E-state index contributed by atoms with van der Waals surface area (Å²) in [6.07, 6.45) is 16.2. The third-order valence-electron chi connectivity index (χ3n) is 10.6. The fourth-order valence-electron chi connectivity index (χ4n) is 8.40. The second-order valence-electron chi connectivity index (χ2n) is 13.2. The van der Waals surface area contributed by atoms with Gasteiger partial charge in [0.1, 0.15) is 0 Å². The maximum atomic E-state index is 13.5. The minimum atomic E-state index is 0.0867. The van der Waals surface area contributed by atoms with Gasteiger partial charge in [-0.3, -0.25) is 9.59 Å². The molecule has 2 N–H and O–H groups in total. The quantitative estimate of drug-likeness (QED) is 0.575. The lowest BCUT2D eigenvalue weighted by molar-refractivity contribution is -0.148. The highest BCUT2D eigenvalue weighted by atomic mass is 16.5. The van der Waals surface area contributed by atoms with Crippen LogP contribution in [0.3, 0.4) is 0 Å². The molecule has 0 bridgehead atoms. The third-order valence-corrected chi connectivity index (χ3v) is 10.6. The van der Waals surface area contributed by atoms with Gasteiger partial charge < -0.3 is 20.3 Å². The lowest BCUT2D eigenvalue weighted by Gasteiger charge is -2.50. The molecule has 6 nitrogen and oxygen atoms in total. The van der Waals surface area contributed by atoms with E-state index in [-0.39, 0.29) is 29.9 Å². The van der Waals surface area contributed by atoms with E-state index in [9.17, 15) is 9.59 Å². The highest BCUT2D eigenvalue weighted by Gasteiger charge is 2.47. The number of piperidine rings is 2. The average molecular weight is 502 g/mol. The number of hydrogen-bond acceptors (Lipinski definition) is 4. The first-order valence-electron chi connectivity index (χ1n) is 15.3. The van der Waals surface area contributed by atoms with Gasteiger partial charge in [-0.2, -0.15) is 0 Å². The monoisotopic (exact) mass is 501 g/mol. The van der Waals surface area contributed by atoms with Crippen LogP contribution in [0.2, 0.25) is 0 Å². The van der Waals surface area contributed by atoms with Crippen molar-refractivity contribution in [1.29, 1.82) is 0 Å². The fraction of sp³-hybridized carbons (Fsp3) is 0.933. The Bertz CT molecular complexity index is 769. The molecule has 5 fully saturated rings. The van der Waals surface area contributed by atoms with Crippen molar-refractivity contribution < 1.29 is 14.3 Å². The zero-order chi connectivity index (χ0) is 25.2. The molecule has 2 amide bonds. The van der Waals surface area contributed by atoms with E-state index in [0.717, 1.165) is 64.3 Å². The Kier molecular flexibility index (Phi) is 8.61. The number of ether oxygens (including phenoxy) is 1. The van der Waals surface area contributed by atoms with Crippen molar-refractivity contribution >= 4 is 11.8 Å². The molecule has 2 aliphatic heterocycles. The van der Waals surface area contributed by atoms with Gasteiger partial charge >= 0.3 is 0 Å². The predicted molar refractivity (Wildman–Crippen MR) is 142 cm³/mol. The number of fused-ring (bicyclic) bond motifs is 1. The number of nitrogens with zero attached hydrogens (tertiary/aromatic N) is 1. The van der Waals surface area contributed by atoms with Gasteiger partial charge in [0.25, 0.3) is 0 Å². The van der Waals surface area contributed by atoms with Crippen molar-refractivity contribution in [2.24, 2.45) is 29.6 Å². The van der Waals surface area contributed by atoms with E-state index in [0.29, 0.717) is 41.8 Å². The molecular formula is C30H51N3O3. The van der Waals surface area contributed by atoms with Crippen molar-refractivity contribution in [2.45, 2.75) is 134 Å². The number of likely N-dealkylation sites (tertiary alicyclic amines) is 1. The van der Waals surface area contributed by atoms with Crippen molar-refractivity contribution in [1.82, 2.24) is 15.5 Å². The molecular weight excluding hydrogens is 450 g/mol. The van der Waals surface area contributed by atoms with Crippen LogP contribution in [0.5, 0.6) is 0 Å². The Balaban J connectivity index is 1.16. The first kappa shape index (κ1) is 26.5. The molecule has 6 heteroatoms. The van der Waals surface area contributed by atoms with Gasteiger partial charge in [-0.05, 0) is 88.9 Å². The van der Waals surface area contributed by atoms with Crippen LogP contribution in [0.1, 0.15) is 104 Å². The molecule has 0 spiro atoms. The molecule has 2 saturated heterocycles. The van der Waals surface area contributed by atoms with Gasteiger partial charge in [-0.1, -0.05) is 32.6 Å². The van der Waals surface area contributed by atoms with Crippen molar-refractivity contribution in [3.05, 3.63) is 0 Å². The summed E-state index contributed by atoms with van der Waals surface area (Å²) >= 11 is 0. The van der Waals surface area contributed by atoms with Gasteiger partial charge in [0.15, 0.2) is 0 Å².